The van der Waals surface area contributed by atoms with Crippen molar-refractivity contribution in [2.75, 3.05) is 45.8 Å². The van der Waals surface area contributed by atoms with Crippen LogP contribution in [0.1, 0.15) is 26.3 Å². The van der Waals surface area contributed by atoms with Crippen molar-refractivity contribution in [2.24, 2.45) is 0 Å². The maximum Gasteiger partial charge on any atom is 0.262 e. The van der Waals surface area contributed by atoms with E-state index in [1.165, 1.54) is 0 Å². The van der Waals surface area contributed by atoms with Gasteiger partial charge in [-0.1, -0.05) is 11.6 Å². The predicted molar refractivity (Wildman–Crippen MR) is 96.1 cm³/mol. The Morgan fingerprint density at radius 2 is 1.84 bits per heavy atom. The topological polar surface area (TPSA) is 81.8 Å². The van der Waals surface area contributed by atoms with Gasteiger partial charge in [0.1, 0.15) is 6.54 Å². The van der Waals surface area contributed by atoms with Crippen LogP contribution in [0.25, 0.3) is 0 Å². The third-order valence-corrected chi connectivity index (χ3v) is 4.39. The van der Waals surface area contributed by atoms with Crippen LogP contribution in [0.3, 0.4) is 0 Å². The summed E-state index contributed by atoms with van der Waals surface area (Å²) in [6.45, 7) is 6.78. The highest BCUT2D eigenvalue weighted by Gasteiger charge is 2.36. The molecule has 136 valence electrons. The van der Waals surface area contributed by atoms with Crippen LogP contribution in [0.4, 0.5) is 0 Å². The number of nitrogens with one attached hydrogen (secondary N) is 2. The maximum absolute atomic E-state index is 12.3. The molecule has 0 aliphatic carbocycles. The molecule has 3 rings (SSSR count). The van der Waals surface area contributed by atoms with Crippen LogP contribution >= 0.6 is 12.4 Å². The van der Waals surface area contributed by atoms with Gasteiger partial charge in [-0.05, 0) is 19.1 Å². The van der Waals surface area contributed by atoms with Crippen LogP contribution < -0.4 is 10.6 Å². The number of carbonyl (C=O) groups excluding carboxylic acids is 3. The van der Waals surface area contributed by atoms with E-state index in [9.17, 15) is 14.4 Å². The van der Waals surface area contributed by atoms with Crippen LogP contribution in [0.5, 0.6) is 0 Å². The molecular formula is C17H23ClN4O3. The SMILES string of the molecule is Cc1ccc2c(c1)C(=O)N(CC(=O)NCCN1CCNCC1)C2=O.Cl. The fourth-order valence-electron chi connectivity index (χ4n) is 3.04. The molecule has 0 radical (unpaired) electrons. The van der Waals surface area contributed by atoms with Gasteiger partial charge in [0, 0.05) is 39.3 Å². The number of hydrogen-bond acceptors (Lipinski definition) is 5. The standard InChI is InChI=1S/C17H22N4O3.ClH/c1-12-2-3-13-14(10-12)17(24)21(16(13)23)11-15(22)19-6-9-20-7-4-18-5-8-20;/h2-3,10,18H,4-9,11H2,1H3,(H,19,22);1H. The zero-order chi connectivity index (χ0) is 17.1. The number of imide groups is 1. The van der Waals surface area contributed by atoms with Gasteiger partial charge in [-0.2, -0.15) is 0 Å². The van der Waals surface area contributed by atoms with Crippen molar-refractivity contribution in [3.8, 4) is 0 Å². The largest absolute Gasteiger partial charge is 0.353 e. The molecule has 7 nitrogen and oxygen atoms in total. The molecule has 0 aromatic heterocycles. The van der Waals surface area contributed by atoms with E-state index in [1.54, 1.807) is 18.2 Å². The molecule has 25 heavy (non-hydrogen) atoms. The molecule has 8 heteroatoms. The van der Waals surface area contributed by atoms with Gasteiger partial charge in [0.15, 0.2) is 0 Å². The smallest absolute Gasteiger partial charge is 0.262 e. The fourth-order valence-corrected chi connectivity index (χ4v) is 3.04. The number of aryl methyl sites for hydroxylation is 1. The van der Waals surface area contributed by atoms with Crippen molar-refractivity contribution < 1.29 is 14.4 Å². The molecule has 0 spiro atoms. The van der Waals surface area contributed by atoms with Crippen LogP contribution in [-0.4, -0.2) is 73.3 Å². The highest BCUT2D eigenvalue weighted by atomic mass is 35.5. The lowest BCUT2D eigenvalue weighted by Gasteiger charge is -2.27. The molecule has 0 unspecified atom stereocenters. The summed E-state index contributed by atoms with van der Waals surface area (Å²) in [5, 5.41) is 6.06. The third kappa shape index (κ3) is 4.36. The molecule has 2 heterocycles. The number of nitrogens with zero attached hydrogens (tertiary/aromatic N) is 2. The molecule has 1 aromatic rings. The van der Waals surface area contributed by atoms with Gasteiger partial charge < -0.3 is 10.6 Å². The lowest BCUT2D eigenvalue weighted by Crippen LogP contribution is -2.47. The number of piperazine rings is 1. The van der Waals surface area contributed by atoms with E-state index in [2.05, 4.69) is 15.5 Å². The molecule has 1 saturated heterocycles. The van der Waals surface area contributed by atoms with E-state index in [4.69, 9.17) is 0 Å². The van der Waals surface area contributed by atoms with Gasteiger partial charge >= 0.3 is 0 Å². The summed E-state index contributed by atoms with van der Waals surface area (Å²) in [6, 6.07) is 5.13. The van der Waals surface area contributed by atoms with Crippen molar-refractivity contribution >= 4 is 30.1 Å². The number of rotatable bonds is 5. The molecule has 3 amide bonds. The summed E-state index contributed by atoms with van der Waals surface area (Å²) < 4.78 is 0. The van der Waals surface area contributed by atoms with Crippen molar-refractivity contribution in [2.45, 2.75) is 6.92 Å². The number of fused-ring (bicyclic) bond motifs is 1. The summed E-state index contributed by atoms with van der Waals surface area (Å²) in [4.78, 5) is 40.0. The first-order chi connectivity index (χ1) is 11.6. The molecule has 1 aromatic carbocycles. The lowest BCUT2D eigenvalue weighted by molar-refractivity contribution is -0.121. The number of carbonyl (C=O) groups is 3. The van der Waals surface area contributed by atoms with Crippen molar-refractivity contribution in [3.05, 3.63) is 34.9 Å². The van der Waals surface area contributed by atoms with Crippen molar-refractivity contribution in [3.63, 3.8) is 0 Å². The Bertz CT molecular complexity index is 674. The minimum atomic E-state index is -0.396. The molecule has 2 N–H and O–H groups in total. The first kappa shape index (κ1) is 19.4. The molecule has 1 fully saturated rings. The number of amides is 3. The van der Waals surface area contributed by atoms with Crippen molar-refractivity contribution in [1.29, 1.82) is 0 Å². The zero-order valence-electron chi connectivity index (χ0n) is 14.2. The highest BCUT2D eigenvalue weighted by Crippen LogP contribution is 2.23. The second-order valence-corrected chi connectivity index (χ2v) is 6.19. The molecule has 0 bridgehead atoms. The first-order valence-electron chi connectivity index (χ1n) is 8.23. The molecule has 2 aliphatic heterocycles. The monoisotopic (exact) mass is 366 g/mol. The average Bonchev–Trinajstić information content (AvgIpc) is 2.80. The Hall–Kier alpha value is -1.96. The number of hydrogen-bond donors (Lipinski definition) is 2. The molecule has 0 saturated carbocycles. The van der Waals surface area contributed by atoms with Gasteiger partial charge in [0.25, 0.3) is 11.8 Å². The number of halogens is 1. The summed E-state index contributed by atoms with van der Waals surface area (Å²) >= 11 is 0. The second kappa shape index (κ2) is 8.42. The van der Waals surface area contributed by atoms with E-state index >= 15 is 0 Å². The Morgan fingerprint density at radius 1 is 1.16 bits per heavy atom. The summed E-state index contributed by atoms with van der Waals surface area (Å²) in [5.41, 5.74) is 1.67. The van der Waals surface area contributed by atoms with Crippen LogP contribution in [0, 0.1) is 6.92 Å². The van der Waals surface area contributed by atoms with Gasteiger partial charge in [0.05, 0.1) is 11.1 Å². The molecule has 2 aliphatic rings. The van der Waals surface area contributed by atoms with E-state index in [1.807, 2.05) is 6.92 Å². The predicted octanol–water partition coefficient (Wildman–Crippen LogP) is 0.0342. The van der Waals surface area contributed by atoms with Crippen LogP contribution in [0.15, 0.2) is 18.2 Å². The van der Waals surface area contributed by atoms with E-state index in [0.717, 1.165) is 43.2 Å². The molecular weight excluding hydrogens is 344 g/mol. The Labute approximate surface area is 153 Å². The quantitative estimate of drug-likeness (QED) is 0.719. The Balaban J connectivity index is 0.00000225. The van der Waals surface area contributed by atoms with E-state index in [0.29, 0.717) is 17.7 Å². The first-order valence-corrected chi connectivity index (χ1v) is 8.23. The number of benzene rings is 1. The van der Waals surface area contributed by atoms with Crippen LogP contribution in [-0.2, 0) is 4.79 Å². The minimum absolute atomic E-state index is 0. The second-order valence-electron chi connectivity index (χ2n) is 6.19. The van der Waals surface area contributed by atoms with E-state index in [-0.39, 0.29) is 24.9 Å². The summed E-state index contributed by atoms with van der Waals surface area (Å²) in [5.74, 6) is -1.10. The third-order valence-electron chi connectivity index (χ3n) is 4.39. The van der Waals surface area contributed by atoms with Gasteiger partial charge in [0.2, 0.25) is 5.91 Å². The Morgan fingerprint density at radius 3 is 2.56 bits per heavy atom. The zero-order valence-corrected chi connectivity index (χ0v) is 15.0. The van der Waals surface area contributed by atoms with Crippen molar-refractivity contribution in [1.82, 2.24) is 20.4 Å². The Kier molecular flexibility index (Phi) is 6.52. The maximum atomic E-state index is 12.3. The minimum Gasteiger partial charge on any atom is -0.353 e. The average molecular weight is 367 g/mol. The lowest BCUT2D eigenvalue weighted by atomic mass is 10.1. The van der Waals surface area contributed by atoms with Gasteiger partial charge in [-0.15, -0.1) is 12.4 Å². The summed E-state index contributed by atoms with van der Waals surface area (Å²) in [7, 11) is 0. The molecule has 0 atom stereocenters. The fraction of sp³-hybridized carbons (Fsp3) is 0.471. The van der Waals surface area contributed by atoms with Gasteiger partial charge in [-0.25, -0.2) is 0 Å². The van der Waals surface area contributed by atoms with Gasteiger partial charge in [-0.3, -0.25) is 24.2 Å². The summed E-state index contributed by atoms with van der Waals surface area (Å²) in [6.07, 6.45) is 0. The highest BCUT2D eigenvalue weighted by molar-refractivity contribution is 6.22. The normalized spacial score (nSPS) is 17.2. The van der Waals surface area contributed by atoms with E-state index < -0.39 is 11.8 Å². The van der Waals surface area contributed by atoms with Crippen LogP contribution in [0.2, 0.25) is 0 Å².